The van der Waals surface area contributed by atoms with E-state index in [1.54, 1.807) is 24.3 Å². The maximum absolute atomic E-state index is 12.3. The zero-order valence-electron chi connectivity index (χ0n) is 14.5. The third kappa shape index (κ3) is 4.00. The first-order valence-electron chi connectivity index (χ1n) is 8.45. The Morgan fingerprint density at radius 1 is 0.962 bits per heavy atom. The van der Waals surface area contributed by atoms with Crippen LogP contribution in [0.1, 0.15) is 28.9 Å². The molecular formula is C21H21N3O2. The molecule has 0 unspecified atom stereocenters. The number of hydrogen-bond donors (Lipinski definition) is 3. The van der Waals surface area contributed by atoms with E-state index in [2.05, 4.69) is 34.9 Å². The molecule has 26 heavy (non-hydrogen) atoms. The van der Waals surface area contributed by atoms with Crippen LogP contribution < -0.4 is 16.4 Å². The van der Waals surface area contributed by atoms with Gasteiger partial charge in [0.25, 0.3) is 5.91 Å². The lowest BCUT2D eigenvalue weighted by Gasteiger charge is -2.16. The normalized spacial score (nSPS) is 11.7. The zero-order valence-corrected chi connectivity index (χ0v) is 14.5. The molecule has 0 heterocycles. The largest absolute Gasteiger partial charge is 0.376 e. The Morgan fingerprint density at radius 2 is 1.65 bits per heavy atom. The van der Waals surface area contributed by atoms with Gasteiger partial charge < -0.3 is 16.4 Å². The molecule has 0 saturated carbocycles. The maximum Gasteiger partial charge on any atom is 0.250 e. The first-order valence-corrected chi connectivity index (χ1v) is 8.45. The van der Waals surface area contributed by atoms with E-state index in [1.807, 2.05) is 25.1 Å². The lowest BCUT2D eigenvalue weighted by atomic mass is 10.0. The van der Waals surface area contributed by atoms with Crippen LogP contribution in [0, 0.1) is 0 Å². The number of fused-ring (bicyclic) bond motifs is 1. The number of hydrogen-bond acceptors (Lipinski definition) is 3. The third-order valence-electron chi connectivity index (χ3n) is 4.28. The van der Waals surface area contributed by atoms with E-state index < -0.39 is 5.91 Å². The van der Waals surface area contributed by atoms with Crippen molar-refractivity contribution in [2.45, 2.75) is 13.0 Å². The van der Waals surface area contributed by atoms with Gasteiger partial charge in [0.1, 0.15) is 0 Å². The van der Waals surface area contributed by atoms with Crippen LogP contribution in [0.3, 0.4) is 0 Å². The number of carbonyl (C=O) groups excluding carboxylic acids is 2. The molecule has 3 aromatic rings. The van der Waals surface area contributed by atoms with Gasteiger partial charge in [0, 0.05) is 5.69 Å². The van der Waals surface area contributed by atoms with E-state index >= 15 is 0 Å². The summed E-state index contributed by atoms with van der Waals surface area (Å²) in [7, 11) is 0. The zero-order chi connectivity index (χ0) is 18.5. The van der Waals surface area contributed by atoms with Crippen molar-refractivity contribution in [3.8, 4) is 0 Å². The number of nitrogens with one attached hydrogen (secondary N) is 2. The molecule has 0 fully saturated rings. The number of primary amides is 1. The van der Waals surface area contributed by atoms with Crippen LogP contribution in [-0.4, -0.2) is 18.4 Å². The molecule has 3 aromatic carbocycles. The van der Waals surface area contributed by atoms with E-state index in [1.165, 1.54) is 5.39 Å². The Balaban J connectivity index is 1.63. The van der Waals surface area contributed by atoms with Crippen molar-refractivity contribution >= 4 is 28.3 Å². The summed E-state index contributed by atoms with van der Waals surface area (Å²) in [4.78, 5) is 23.7. The Kier molecular flexibility index (Phi) is 5.17. The molecule has 0 saturated heterocycles. The topological polar surface area (TPSA) is 84.2 Å². The van der Waals surface area contributed by atoms with Crippen molar-refractivity contribution in [3.63, 3.8) is 0 Å². The van der Waals surface area contributed by atoms with Crippen molar-refractivity contribution < 1.29 is 9.59 Å². The average Bonchev–Trinajstić information content (AvgIpc) is 2.66. The molecule has 4 N–H and O–H groups in total. The minimum Gasteiger partial charge on any atom is -0.376 e. The van der Waals surface area contributed by atoms with Crippen LogP contribution in [0.5, 0.6) is 0 Å². The van der Waals surface area contributed by atoms with Crippen molar-refractivity contribution in [2.24, 2.45) is 5.73 Å². The Hall–Kier alpha value is -3.34. The Bertz CT molecular complexity index is 953. The fourth-order valence-electron chi connectivity index (χ4n) is 2.88. The predicted molar refractivity (Wildman–Crippen MR) is 104 cm³/mol. The van der Waals surface area contributed by atoms with Gasteiger partial charge in [-0.1, -0.05) is 48.5 Å². The second-order valence-corrected chi connectivity index (χ2v) is 6.16. The molecule has 2 amide bonds. The summed E-state index contributed by atoms with van der Waals surface area (Å²) < 4.78 is 0. The van der Waals surface area contributed by atoms with Crippen molar-refractivity contribution in [2.75, 3.05) is 11.9 Å². The van der Waals surface area contributed by atoms with Gasteiger partial charge in [-0.2, -0.15) is 0 Å². The van der Waals surface area contributed by atoms with Crippen LogP contribution in [-0.2, 0) is 4.79 Å². The Morgan fingerprint density at radius 3 is 2.42 bits per heavy atom. The maximum atomic E-state index is 12.3. The molecule has 132 valence electrons. The minimum atomic E-state index is -0.530. The van der Waals surface area contributed by atoms with Gasteiger partial charge in [0.05, 0.1) is 18.2 Å². The third-order valence-corrected chi connectivity index (χ3v) is 4.28. The fraction of sp³-hybridized carbons (Fsp3) is 0.143. The summed E-state index contributed by atoms with van der Waals surface area (Å²) >= 11 is 0. The standard InChI is InChI=1S/C21H21N3O2/c1-14(16-11-10-15-6-2-3-7-17(15)12-16)24-20(25)13-23-19-9-5-4-8-18(19)21(22)26/h2-12,14,23H,13H2,1H3,(H2,22,26)(H,24,25)/t14-/m1/s1. The molecule has 0 spiro atoms. The van der Waals surface area contributed by atoms with E-state index in [-0.39, 0.29) is 18.5 Å². The second-order valence-electron chi connectivity index (χ2n) is 6.16. The summed E-state index contributed by atoms with van der Waals surface area (Å²) in [6.45, 7) is 2.00. The molecule has 0 aliphatic rings. The van der Waals surface area contributed by atoms with Gasteiger partial charge in [0.15, 0.2) is 0 Å². The molecule has 5 heteroatoms. The van der Waals surface area contributed by atoms with Crippen LogP contribution in [0.4, 0.5) is 5.69 Å². The van der Waals surface area contributed by atoms with Crippen molar-refractivity contribution in [1.29, 1.82) is 0 Å². The lowest BCUT2D eigenvalue weighted by molar-refractivity contribution is -0.120. The first-order chi connectivity index (χ1) is 12.5. The van der Waals surface area contributed by atoms with Gasteiger partial charge in [0.2, 0.25) is 5.91 Å². The van der Waals surface area contributed by atoms with Gasteiger partial charge >= 0.3 is 0 Å². The van der Waals surface area contributed by atoms with Gasteiger partial charge in [-0.15, -0.1) is 0 Å². The highest BCUT2D eigenvalue weighted by Gasteiger charge is 2.12. The number of carbonyl (C=O) groups is 2. The number of anilines is 1. The van der Waals surface area contributed by atoms with Crippen molar-refractivity contribution in [3.05, 3.63) is 77.9 Å². The van der Waals surface area contributed by atoms with Gasteiger partial charge in [-0.3, -0.25) is 9.59 Å². The summed E-state index contributed by atoms with van der Waals surface area (Å²) in [6.07, 6.45) is 0. The number of rotatable bonds is 6. The number of para-hydroxylation sites is 1. The fourth-order valence-corrected chi connectivity index (χ4v) is 2.88. The summed E-state index contributed by atoms with van der Waals surface area (Å²) in [5.41, 5.74) is 7.29. The molecule has 5 nitrogen and oxygen atoms in total. The lowest BCUT2D eigenvalue weighted by Crippen LogP contribution is -2.32. The molecule has 0 bridgehead atoms. The number of benzene rings is 3. The SMILES string of the molecule is C[C@@H](NC(=O)CNc1ccccc1C(N)=O)c1ccc2ccccc2c1. The highest BCUT2D eigenvalue weighted by molar-refractivity contribution is 5.99. The molecular weight excluding hydrogens is 326 g/mol. The van der Waals surface area contributed by atoms with Gasteiger partial charge in [-0.25, -0.2) is 0 Å². The molecule has 0 aliphatic heterocycles. The molecule has 0 aromatic heterocycles. The monoisotopic (exact) mass is 347 g/mol. The second kappa shape index (κ2) is 7.70. The highest BCUT2D eigenvalue weighted by atomic mass is 16.2. The van der Waals surface area contributed by atoms with Gasteiger partial charge in [-0.05, 0) is 41.5 Å². The van der Waals surface area contributed by atoms with Crippen molar-refractivity contribution in [1.82, 2.24) is 5.32 Å². The van der Waals surface area contributed by atoms with Crippen LogP contribution in [0.15, 0.2) is 66.7 Å². The molecule has 0 radical (unpaired) electrons. The molecule has 1 atom stereocenters. The smallest absolute Gasteiger partial charge is 0.250 e. The number of amides is 2. The quantitative estimate of drug-likeness (QED) is 0.640. The minimum absolute atomic E-state index is 0.0578. The van der Waals surface area contributed by atoms with Crippen LogP contribution in [0.25, 0.3) is 10.8 Å². The van der Waals surface area contributed by atoms with Crippen LogP contribution >= 0.6 is 0 Å². The summed E-state index contributed by atoms with van der Waals surface area (Å²) in [5.74, 6) is -0.692. The highest BCUT2D eigenvalue weighted by Crippen LogP contribution is 2.20. The first kappa shape index (κ1) is 17.5. The van der Waals surface area contributed by atoms with E-state index in [9.17, 15) is 9.59 Å². The molecule has 0 aliphatic carbocycles. The van der Waals surface area contributed by atoms with E-state index in [4.69, 9.17) is 5.73 Å². The summed E-state index contributed by atoms with van der Waals surface area (Å²) in [6, 6.07) is 21.0. The Labute approximate surface area is 152 Å². The summed E-state index contributed by atoms with van der Waals surface area (Å²) in [5, 5.41) is 8.23. The number of nitrogens with two attached hydrogens (primary N) is 1. The van der Waals surface area contributed by atoms with E-state index in [0.717, 1.165) is 10.9 Å². The van der Waals surface area contributed by atoms with Crippen LogP contribution in [0.2, 0.25) is 0 Å². The predicted octanol–water partition coefficient (Wildman–Crippen LogP) is 3.23. The molecule has 3 rings (SSSR count). The average molecular weight is 347 g/mol. The van der Waals surface area contributed by atoms with E-state index in [0.29, 0.717) is 11.3 Å².